The lowest BCUT2D eigenvalue weighted by atomic mass is 10.00. The van der Waals surface area contributed by atoms with Crippen LogP contribution in [0.2, 0.25) is 0 Å². The highest BCUT2D eigenvalue weighted by Gasteiger charge is 2.31. The molecule has 0 bridgehead atoms. The van der Waals surface area contributed by atoms with Crippen molar-refractivity contribution in [3.05, 3.63) is 52.8 Å². The van der Waals surface area contributed by atoms with Gasteiger partial charge in [-0.15, -0.1) is 11.3 Å². The highest BCUT2D eigenvalue weighted by atomic mass is 32.1. The van der Waals surface area contributed by atoms with Gasteiger partial charge < -0.3 is 10.4 Å². The fourth-order valence-corrected chi connectivity index (χ4v) is 3.76. The SMILES string of the molecule is Cc1cccc(F)c1-c1ccc2sc(C(O)NC(=O)C3CC3)nc2c1. The molecule has 3 aromatic rings. The predicted octanol–water partition coefficient (Wildman–Crippen LogP) is 3.93. The molecule has 1 amide bonds. The molecule has 1 aliphatic carbocycles. The van der Waals surface area contributed by atoms with Crippen molar-refractivity contribution >= 4 is 27.5 Å². The van der Waals surface area contributed by atoms with Gasteiger partial charge in [-0.25, -0.2) is 9.37 Å². The molecule has 1 fully saturated rings. The van der Waals surface area contributed by atoms with E-state index in [1.165, 1.54) is 17.4 Å². The average Bonchev–Trinajstić information content (AvgIpc) is 3.34. The molecule has 1 unspecified atom stereocenters. The van der Waals surface area contributed by atoms with Crippen molar-refractivity contribution in [1.29, 1.82) is 0 Å². The molecule has 2 aromatic carbocycles. The fraction of sp³-hybridized carbons (Fsp3) is 0.263. The molecule has 1 aromatic heterocycles. The number of carbonyl (C=O) groups excluding carboxylic acids is 1. The molecule has 1 aliphatic rings. The van der Waals surface area contributed by atoms with Crippen LogP contribution in [-0.4, -0.2) is 16.0 Å². The van der Waals surface area contributed by atoms with E-state index in [0.29, 0.717) is 16.1 Å². The highest BCUT2D eigenvalue weighted by molar-refractivity contribution is 7.18. The zero-order chi connectivity index (χ0) is 17.6. The van der Waals surface area contributed by atoms with Crippen molar-refractivity contribution in [3.63, 3.8) is 0 Å². The Morgan fingerprint density at radius 1 is 1.36 bits per heavy atom. The topological polar surface area (TPSA) is 62.2 Å². The first kappa shape index (κ1) is 16.2. The molecule has 0 spiro atoms. The van der Waals surface area contributed by atoms with Gasteiger partial charge in [-0.1, -0.05) is 18.2 Å². The molecule has 128 valence electrons. The number of aliphatic hydroxyl groups is 1. The first-order valence-electron chi connectivity index (χ1n) is 8.17. The van der Waals surface area contributed by atoms with Crippen molar-refractivity contribution in [1.82, 2.24) is 10.3 Å². The summed E-state index contributed by atoms with van der Waals surface area (Å²) in [5.74, 6) is -0.374. The number of nitrogens with zero attached hydrogens (tertiary/aromatic N) is 1. The van der Waals surface area contributed by atoms with Crippen LogP contribution in [0.4, 0.5) is 4.39 Å². The second kappa shape index (κ2) is 6.20. The minimum Gasteiger partial charge on any atom is -0.367 e. The van der Waals surface area contributed by atoms with Crippen LogP contribution in [0.5, 0.6) is 0 Å². The zero-order valence-corrected chi connectivity index (χ0v) is 14.4. The maximum Gasteiger partial charge on any atom is 0.225 e. The van der Waals surface area contributed by atoms with Gasteiger partial charge in [-0.3, -0.25) is 4.79 Å². The molecular formula is C19H17FN2O2S. The highest BCUT2D eigenvalue weighted by Crippen LogP contribution is 2.33. The molecule has 0 radical (unpaired) electrons. The number of benzene rings is 2. The number of rotatable bonds is 4. The summed E-state index contributed by atoms with van der Waals surface area (Å²) in [6.45, 7) is 1.87. The number of hydrogen-bond donors (Lipinski definition) is 2. The number of carbonyl (C=O) groups is 1. The average molecular weight is 356 g/mol. The maximum atomic E-state index is 14.2. The van der Waals surface area contributed by atoms with Crippen molar-refractivity contribution in [2.24, 2.45) is 5.92 Å². The minimum atomic E-state index is -1.11. The molecule has 0 aliphatic heterocycles. The van der Waals surface area contributed by atoms with Gasteiger partial charge in [0.15, 0.2) is 6.23 Å². The number of thiazole rings is 1. The lowest BCUT2D eigenvalue weighted by Crippen LogP contribution is -2.29. The van der Waals surface area contributed by atoms with Crippen LogP contribution in [0.15, 0.2) is 36.4 Å². The van der Waals surface area contributed by atoms with Crippen molar-refractivity contribution < 1.29 is 14.3 Å². The number of aromatic nitrogens is 1. The molecular weight excluding hydrogens is 339 g/mol. The molecule has 1 atom stereocenters. The summed E-state index contributed by atoms with van der Waals surface area (Å²) in [6.07, 6.45) is 0.650. The van der Waals surface area contributed by atoms with Gasteiger partial charge in [0.25, 0.3) is 0 Å². The number of hydrogen-bond acceptors (Lipinski definition) is 4. The van der Waals surface area contributed by atoms with Gasteiger partial charge in [0.1, 0.15) is 10.8 Å². The molecule has 1 saturated carbocycles. The van der Waals surface area contributed by atoms with E-state index in [9.17, 15) is 14.3 Å². The first-order valence-corrected chi connectivity index (χ1v) is 8.99. The summed E-state index contributed by atoms with van der Waals surface area (Å²) >= 11 is 1.32. The van der Waals surface area contributed by atoms with Crippen molar-refractivity contribution in [2.75, 3.05) is 0 Å². The second-order valence-electron chi connectivity index (χ2n) is 6.35. The second-order valence-corrected chi connectivity index (χ2v) is 7.41. The Bertz CT molecular complexity index is 945. The molecule has 6 heteroatoms. The van der Waals surface area contributed by atoms with E-state index in [-0.39, 0.29) is 17.6 Å². The van der Waals surface area contributed by atoms with Crippen LogP contribution >= 0.6 is 11.3 Å². The molecule has 4 nitrogen and oxygen atoms in total. The third kappa shape index (κ3) is 3.15. The van der Waals surface area contributed by atoms with E-state index in [4.69, 9.17) is 0 Å². The molecule has 0 saturated heterocycles. The molecule has 4 rings (SSSR count). The lowest BCUT2D eigenvalue weighted by molar-refractivity contribution is -0.125. The van der Waals surface area contributed by atoms with Crippen molar-refractivity contribution in [2.45, 2.75) is 26.0 Å². The fourth-order valence-electron chi connectivity index (χ4n) is 2.88. The van der Waals surface area contributed by atoms with Crippen LogP contribution < -0.4 is 5.32 Å². The Morgan fingerprint density at radius 3 is 2.88 bits per heavy atom. The number of halogens is 1. The third-order valence-electron chi connectivity index (χ3n) is 4.38. The van der Waals surface area contributed by atoms with Gasteiger partial charge >= 0.3 is 0 Å². The normalized spacial score (nSPS) is 15.3. The summed E-state index contributed by atoms with van der Waals surface area (Å²) in [5.41, 5.74) is 2.84. The zero-order valence-electron chi connectivity index (χ0n) is 13.6. The Hall–Kier alpha value is -2.31. The van der Waals surface area contributed by atoms with Crippen LogP contribution in [0, 0.1) is 18.7 Å². The number of nitrogens with one attached hydrogen (secondary N) is 1. The summed E-state index contributed by atoms with van der Waals surface area (Å²) in [7, 11) is 0. The summed E-state index contributed by atoms with van der Waals surface area (Å²) in [5, 5.41) is 13.2. The quantitative estimate of drug-likeness (QED) is 0.696. The molecule has 25 heavy (non-hydrogen) atoms. The number of fused-ring (bicyclic) bond motifs is 1. The monoisotopic (exact) mass is 356 g/mol. The number of aryl methyl sites for hydroxylation is 1. The Kier molecular flexibility index (Phi) is 4.01. The van der Waals surface area contributed by atoms with Crippen molar-refractivity contribution in [3.8, 4) is 11.1 Å². The smallest absolute Gasteiger partial charge is 0.225 e. The van der Waals surface area contributed by atoms with E-state index in [0.717, 1.165) is 28.7 Å². The third-order valence-corrected chi connectivity index (χ3v) is 5.46. The Labute approximate surface area is 148 Å². The number of aliphatic hydroxyl groups excluding tert-OH is 1. The van der Waals surface area contributed by atoms with Gasteiger partial charge in [0.2, 0.25) is 5.91 Å². The predicted molar refractivity (Wildman–Crippen MR) is 95.6 cm³/mol. The molecule has 1 heterocycles. The van der Waals surface area contributed by atoms with Crippen LogP contribution in [0.1, 0.15) is 29.6 Å². The standard InChI is InChI=1S/C19H17FN2O2S/c1-10-3-2-4-13(20)16(10)12-7-8-15-14(9-12)21-19(25-15)18(24)22-17(23)11-5-6-11/h2-4,7-9,11,18,24H,5-6H2,1H3,(H,22,23). The van der Waals surface area contributed by atoms with Gasteiger partial charge in [-0.2, -0.15) is 0 Å². The van der Waals surface area contributed by atoms with E-state index in [2.05, 4.69) is 10.3 Å². The van der Waals surface area contributed by atoms with Crippen LogP contribution in [-0.2, 0) is 4.79 Å². The van der Waals surface area contributed by atoms with Crippen LogP contribution in [0.25, 0.3) is 21.3 Å². The van der Waals surface area contributed by atoms with Gasteiger partial charge in [0.05, 0.1) is 10.2 Å². The number of amides is 1. The van der Waals surface area contributed by atoms with Gasteiger partial charge in [-0.05, 0) is 49.1 Å². The maximum absolute atomic E-state index is 14.2. The van der Waals surface area contributed by atoms with Crippen LogP contribution in [0.3, 0.4) is 0 Å². The summed E-state index contributed by atoms with van der Waals surface area (Å²) in [4.78, 5) is 16.2. The van der Waals surface area contributed by atoms with E-state index in [1.807, 2.05) is 31.2 Å². The lowest BCUT2D eigenvalue weighted by Gasteiger charge is -2.09. The first-order chi connectivity index (χ1) is 12.0. The largest absolute Gasteiger partial charge is 0.367 e. The van der Waals surface area contributed by atoms with E-state index in [1.54, 1.807) is 6.07 Å². The summed E-state index contributed by atoms with van der Waals surface area (Å²) < 4.78 is 15.1. The van der Waals surface area contributed by atoms with E-state index >= 15 is 0 Å². The Morgan fingerprint density at radius 2 is 2.16 bits per heavy atom. The summed E-state index contributed by atoms with van der Waals surface area (Å²) in [6, 6.07) is 10.5. The van der Waals surface area contributed by atoms with E-state index < -0.39 is 6.23 Å². The minimum absolute atomic E-state index is 0.0275. The molecule has 2 N–H and O–H groups in total. The Balaban J connectivity index is 1.66. The van der Waals surface area contributed by atoms with Gasteiger partial charge in [0, 0.05) is 11.5 Å².